The molecule has 10 heteroatoms. The van der Waals surface area contributed by atoms with E-state index in [1.54, 1.807) is 0 Å². The highest BCUT2D eigenvalue weighted by Gasteiger charge is 2.38. The molecule has 0 aromatic heterocycles. The molecule has 0 aliphatic heterocycles. The van der Waals surface area contributed by atoms with Gasteiger partial charge in [-0.1, -0.05) is 26.3 Å². The second kappa shape index (κ2) is 14.4. The minimum Gasteiger partial charge on any atom is -0.460 e. The Balaban J connectivity index is 4.76. The van der Waals surface area contributed by atoms with Crippen LogP contribution in [-0.4, -0.2) is 66.4 Å². The van der Waals surface area contributed by atoms with E-state index in [1.165, 1.54) is 26.5 Å². The minimum absolute atomic E-state index is 0.0334. The fourth-order valence-electron chi connectivity index (χ4n) is 1.63. The highest BCUT2D eigenvalue weighted by Crippen LogP contribution is 2.12. The number of hydrogen-bond acceptors (Lipinski definition) is 9. The van der Waals surface area contributed by atoms with Crippen LogP contribution in [0.25, 0.3) is 0 Å². The molecule has 9 nitrogen and oxygen atoms in total. The molecule has 0 unspecified atom stereocenters. The van der Waals surface area contributed by atoms with Gasteiger partial charge in [0.05, 0.1) is 19.8 Å². The van der Waals surface area contributed by atoms with Crippen LogP contribution in [0.1, 0.15) is 20.8 Å². The Bertz CT molecular complexity index is 586. The lowest BCUT2D eigenvalue weighted by atomic mass is 10.4. The zero-order chi connectivity index (χ0) is 23.2. The summed E-state index contributed by atoms with van der Waals surface area (Å²) in [6.45, 7) is 18.4. The summed E-state index contributed by atoms with van der Waals surface area (Å²) in [6.07, 6.45) is 0. The van der Waals surface area contributed by atoms with Crippen LogP contribution in [0.5, 0.6) is 0 Å². The van der Waals surface area contributed by atoms with Crippen LogP contribution in [0.2, 0.25) is 0 Å². The highest BCUT2D eigenvalue weighted by atomic mass is 28.4. The predicted octanol–water partition coefficient (Wildman–Crippen LogP) is 2.06. The standard InChI is InChI=1S/C20H30O9Si/c1-8-30(27-12-9-24-18(21)15(2)3,28-13-10-25-19(22)16(4)5)29-14-11-26-20(23)17(6)7/h8H,1-2,4,6,9-14H2,3,5,7H3. The third kappa shape index (κ3) is 11.5. The molecular weight excluding hydrogens is 412 g/mol. The van der Waals surface area contributed by atoms with E-state index in [0.717, 1.165) is 0 Å². The first-order valence-corrected chi connectivity index (χ1v) is 10.9. The molecule has 0 aromatic rings. The van der Waals surface area contributed by atoms with Gasteiger partial charge in [-0.15, -0.1) is 0 Å². The molecular formula is C20H30O9Si. The normalized spacial score (nSPS) is 10.6. The average Bonchev–Trinajstić information content (AvgIpc) is 2.70. The van der Waals surface area contributed by atoms with Gasteiger partial charge in [-0.3, -0.25) is 0 Å². The quantitative estimate of drug-likeness (QED) is 0.117. The van der Waals surface area contributed by atoms with Gasteiger partial charge in [0.25, 0.3) is 0 Å². The van der Waals surface area contributed by atoms with Crippen LogP contribution in [0.3, 0.4) is 0 Å². The summed E-state index contributed by atoms with van der Waals surface area (Å²) in [5.41, 5.74) is 2.14. The number of carbonyl (C=O) groups excluding carboxylic acids is 3. The van der Waals surface area contributed by atoms with Crippen LogP contribution < -0.4 is 0 Å². The summed E-state index contributed by atoms with van der Waals surface area (Å²) < 4.78 is 31.9. The van der Waals surface area contributed by atoms with Gasteiger partial charge in [-0.2, -0.15) is 0 Å². The fourth-order valence-corrected chi connectivity index (χ4v) is 3.33. The highest BCUT2D eigenvalue weighted by molar-refractivity contribution is 6.66. The molecule has 0 heterocycles. The second-order valence-corrected chi connectivity index (χ2v) is 8.58. The summed E-state index contributed by atoms with van der Waals surface area (Å²) >= 11 is 0. The van der Waals surface area contributed by atoms with Gasteiger partial charge in [0, 0.05) is 16.7 Å². The number of carbonyl (C=O) groups is 3. The first-order valence-electron chi connectivity index (χ1n) is 9.08. The maximum Gasteiger partial charge on any atom is 0.529 e. The van der Waals surface area contributed by atoms with Crippen molar-refractivity contribution < 1.29 is 41.9 Å². The van der Waals surface area contributed by atoms with Crippen molar-refractivity contribution in [2.75, 3.05) is 39.6 Å². The predicted molar refractivity (Wildman–Crippen MR) is 111 cm³/mol. The molecule has 0 bridgehead atoms. The molecule has 0 N–H and O–H groups in total. The molecule has 0 amide bonds. The molecule has 0 spiro atoms. The van der Waals surface area contributed by atoms with Crippen molar-refractivity contribution in [2.24, 2.45) is 0 Å². The Labute approximate surface area is 178 Å². The lowest BCUT2D eigenvalue weighted by molar-refractivity contribution is -0.140. The topological polar surface area (TPSA) is 107 Å². The molecule has 0 fully saturated rings. The molecule has 0 aromatic carbocycles. The van der Waals surface area contributed by atoms with Crippen molar-refractivity contribution in [3.05, 3.63) is 48.7 Å². The second-order valence-electron chi connectivity index (χ2n) is 6.10. The summed E-state index contributed by atoms with van der Waals surface area (Å²) in [5.74, 6) is -1.65. The maximum absolute atomic E-state index is 11.4. The Kier molecular flexibility index (Phi) is 13.2. The van der Waals surface area contributed by atoms with E-state index in [0.29, 0.717) is 0 Å². The van der Waals surface area contributed by atoms with Crippen LogP contribution in [-0.2, 0) is 41.9 Å². The van der Waals surface area contributed by atoms with Crippen molar-refractivity contribution in [1.29, 1.82) is 0 Å². The molecule has 0 aliphatic carbocycles. The summed E-state index contributed by atoms with van der Waals surface area (Å²) in [5, 5.41) is 0. The molecule has 0 radical (unpaired) electrons. The number of hydrogen-bond donors (Lipinski definition) is 0. The molecule has 30 heavy (non-hydrogen) atoms. The van der Waals surface area contributed by atoms with Gasteiger partial charge in [0.15, 0.2) is 0 Å². The van der Waals surface area contributed by atoms with E-state index >= 15 is 0 Å². The zero-order valence-corrected chi connectivity index (χ0v) is 18.8. The summed E-state index contributed by atoms with van der Waals surface area (Å²) in [7, 11) is -3.44. The average molecular weight is 443 g/mol. The summed E-state index contributed by atoms with van der Waals surface area (Å²) in [6, 6.07) is 0. The van der Waals surface area contributed by atoms with Gasteiger partial charge in [-0.25, -0.2) is 14.4 Å². The number of esters is 3. The summed E-state index contributed by atoms with van der Waals surface area (Å²) in [4.78, 5) is 34.3. The molecule has 0 rings (SSSR count). The Morgan fingerprint density at radius 3 is 1.10 bits per heavy atom. The Hall–Kier alpha value is -2.53. The largest absolute Gasteiger partial charge is 0.529 e. The van der Waals surface area contributed by atoms with E-state index in [9.17, 15) is 14.4 Å². The third-order valence-corrected chi connectivity index (χ3v) is 5.47. The van der Waals surface area contributed by atoms with Crippen LogP contribution >= 0.6 is 0 Å². The van der Waals surface area contributed by atoms with Crippen molar-refractivity contribution in [3.63, 3.8) is 0 Å². The minimum atomic E-state index is -3.44. The SMILES string of the molecule is C=C[Si](OCCOC(=O)C(=C)C)(OCCOC(=O)C(=C)C)OCCOC(=O)C(=C)C. The van der Waals surface area contributed by atoms with Crippen LogP contribution in [0.15, 0.2) is 48.7 Å². The lowest BCUT2D eigenvalue weighted by Crippen LogP contribution is -2.46. The Morgan fingerprint density at radius 1 is 0.633 bits per heavy atom. The van der Waals surface area contributed by atoms with E-state index in [2.05, 4.69) is 26.3 Å². The van der Waals surface area contributed by atoms with E-state index < -0.39 is 26.7 Å². The number of rotatable bonds is 16. The monoisotopic (exact) mass is 442 g/mol. The smallest absolute Gasteiger partial charge is 0.460 e. The number of ether oxygens (including phenoxy) is 3. The van der Waals surface area contributed by atoms with E-state index in [-0.39, 0.29) is 56.4 Å². The van der Waals surface area contributed by atoms with E-state index in [1.807, 2.05) is 0 Å². The molecule has 0 saturated carbocycles. The third-order valence-electron chi connectivity index (χ3n) is 3.15. The van der Waals surface area contributed by atoms with Gasteiger partial charge in [0.1, 0.15) is 19.8 Å². The van der Waals surface area contributed by atoms with Crippen molar-refractivity contribution in [2.45, 2.75) is 20.8 Å². The lowest BCUT2D eigenvalue weighted by Gasteiger charge is -2.26. The Morgan fingerprint density at radius 2 is 0.900 bits per heavy atom. The van der Waals surface area contributed by atoms with Gasteiger partial charge in [0.2, 0.25) is 0 Å². The maximum atomic E-state index is 11.4. The van der Waals surface area contributed by atoms with Gasteiger partial charge < -0.3 is 27.5 Å². The van der Waals surface area contributed by atoms with Crippen molar-refractivity contribution in [3.8, 4) is 0 Å². The molecule has 168 valence electrons. The van der Waals surface area contributed by atoms with Crippen molar-refractivity contribution in [1.82, 2.24) is 0 Å². The van der Waals surface area contributed by atoms with Crippen LogP contribution in [0, 0.1) is 0 Å². The zero-order valence-electron chi connectivity index (χ0n) is 17.8. The molecule has 0 atom stereocenters. The van der Waals surface area contributed by atoms with Gasteiger partial charge in [-0.05, 0) is 26.5 Å². The molecule has 0 saturated heterocycles. The van der Waals surface area contributed by atoms with Crippen molar-refractivity contribution >= 4 is 26.7 Å². The van der Waals surface area contributed by atoms with Crippen LogP contribution in [0.4, 0.5) is 0 Å². The first-order chi connectivity index (χ1) is 14.0. The fraction of sp³-hybridized carbons (Fsp3) is 0.450. The van der Waals surface area contributed by atoms with E-state index in [4.69, 9.17) is 27.5 Å². The van der Waals surface area contributed by atoms with Gasteiger partial charge >= 0.3 is 26.7 Å². The molecule has 0 aliphatic rings. The first kappa shape index (κ1) is 27.5.